The fourth-order valence-corrected chi connectivity index (χ4v) is 6.05. The van der Waals surface area contributed by atoms with Crippen LogP contribution in [0.4, 0.5) is 0 Å². The summed E-state index contributed by atoms with van der Waals surface area (Å²) in [6.45, 7) is 4.87. The van der Waals surface area contributed by atoms with Gasteiger partial charge in [-0.1, -0.05) is 6.92 Å². The van der Waals surface area contributed by atoms with Crippen molar-refractivity contribution in [3.63, 3.8) is 0 Å². The third kappa shape index (κ3) is 4.20. The molecule has 2 saturated heterocycles. The standard InChI is InChI=1S/C20H29N7O3S/c1-11-15(31-13-5-14(22-6-13)19(29)25(3)4)7-27-18(11)17(20(27)30)12(2)24-16(28)8-26-10-21-9-23-26/h7,9-14,17-18,22H,5-6,8H2,1-4H3,(H,24,28)/t11-,12+,13-,14-,17+,18+/m0/s1. The smallest absolute Gasteiger partial charge is 0.242 e. The van der Waals surface area contributed by atoms with E-state index in [9.17, 15) is 14.4 Å². The number of hydrogen-bond donors (Lipinski definition) is 2. The highest BCUT2D eigenvalue weighted by Crippen LogP contribution is 2.48. The molecule has 2 fully saturated rings. The Kier molecular flexibility index (Phi) is 6.07. The van der Waals surface area contributed by atoms with Crippen LogP contribution in [0.15, 0.2) is 23.8 Å². The first-order valence-electron chi connectivity index (χ1n) is 10.5. The molecule has 0 saturated carbocycles. The van der Waals surface area contributed by atoms with Crippen LogP contribution in [0.5, 0.6) is 0 Å². The van der Waals surface area contributed by atoms with Gasteiger partial charge in [-0.15, -0.1) is 11.8 Å². The fourth-order valence-electron chi connectivity index (χ4n) is 4.66. The summed E-state index contributed by atoms with van der Waals surface area (Å²) in [6.07, 6.45) is 5.61. The molecule has 3 aliphatic rings. The molecule has 1 aromatic rings. The summed E-state index contributed by atoms with van der Waals surface area (Å²) in [5.74, 6) is -0.0804. The molecule has 0 aliphatic carbocycles. The van der Waals surface area contributed by atoms with E-state index >= 15 is 0 Å². The predicted octanol–water partition coefficient (Wildman–Crippen LogP) is -0.347. The lowest BCUT2D eigenvalue weighted by Crippen LogP contribution is -2.64. The van der Waals surface area contributed by atoms with Crippen molar-refractivity contribution in [2.24, 2.45) is 11.8 Å². The summed E-state index contributed by atoms with van der Waals surface area (Å²) >= 11 is 1.76. The van der Waals surface area contributed by atoms with Gasteiger partial charge in [-0.2, -0.15) is 5.10 Å². The van der Waals surface area contributed by atoms with Crippen LogP contribution in [-0.4, -0.2) is 86.3 Å². The normalized spacial score (nSPS) is 30.5. The van der Waals surface area contributed by atoms with E-state index in [0.717, 1.165) is 13.0 Å². The van der Waals surface area contributed by atoms with Crippen LogP contribution >= 0.6 is 11.8 Å². The number of thioether (sulfide) groups is 1. The van der Waals surface area contributed by atoms with Crippen molar-refractivity contribution in [2.45, 2.75) is 50.2 Å². The van der Waals surface area contributed by atoms with Gasteiger partial charge in [0.25, 0.3) is 0 Å². The van der Waals surface area contributed by atoms with Gasteiger partial charge in [-0.3, -0.25) is 14.4 Å². The van der Waals surface area contributed by atoms with Crippen molar-refractivity contribution < 1.29 is 14.4 Å². The Hall–Kier alpha value is -2.40. The fraction of sp³-hybridized carbons (Fsp3) is 0.650. The molecule has 0 aromatic carbocycles. The molecule has 0 unspecified atom stereocenters. The van der Waals surface area contributed by atoms with E-state index in [1.807, 2.05) is 18.0 Å². The summed E-state index contributed by atoms with van der Waals surface area (Å²) in [5, 5.41) is 10.5. The van der Waals surface area contributed by atoms with Gasteiger partial charge in [0.2, 0.25) is 17.7 Å². The van der Waals surface area contributed by atoms with Crippen LogP contribution in [-0.2, 0) is 20.9 Å². The van der Waals surface area contributed by atoms with Crippen molar-refractivity contribution >= 4 is 29.5 Å². The number of nitrogens with zero attached hydrogens (tertiary/aromatic N) is 5. The Morgan fingerprint density at radius 2 is 2.19 bits per heavy atom. The molecule has 4 heterocycles. The number of amides is 3. The molecule has 0 spiro atoms. The van der Waals surface area contributed by atoms with E-state index in [2.05, 4.69) is 27.6 Å². The van der Waals surface area contributed by atoms with Gasteiger partial charge in [0, 0.05) is 49.0 Å². The highest BCUT2D eigenvalue weighted by atomic mass is 32.2. The average molecular weight is 448 g/mol. The molecule has 11 heteroatoms. The van der Waals surface area contributed by atoms with Gasteiger partial charge >= 0.3 is 0 Å². The van der Waals surface area contributed by atoms with Crippen LogP contribution < -0.4 is 10.6 Å². The number of hydrogen-bond acceptors (Lipinski definition) is 7. The summed E-state index contributed by atoms with van der Waals surface area (Å²) in [4.78, 5) is 45.7. The first-order valence-corrected chi connectivity index (χ1v) is 11.4. The van der Waals surface area contributed by atoms with E-state index in [0.29, 0.717) is 5.25 Å². The summed E-state index contributed by atoms with van der Waals surface area (Å²) < 4.78 is 1.45. The van der Waals surface area contributed by atoms with Gasteiger partial charge in [-0.05, 0) is 13.3 Å². The Bertz CT molecular complexity index is 887. The second-order valence-electron chi connectivity index (χ2n) is 8.70. The number of likely N-dealkylation sites (N-methyl/N-ethyl adjacent to an activating group) is 1. The molecule has 168 valence electrons. The quantitative estimate of drug-likeness (QED) is 0.550. The van der Waals surface area contributed by atoms with E-state index < -0.39 is 0 Å². The zero-order valence-electron chi connectivity index (χ0n) is 18.2. The maximum absolute atomic E-state index is 12.8. The minimum atomic E-state index is -0.264. The molecular formula is C20H29N7O3S. The molecule has 31 heavy (non-hydrogen) atoms. The van der Waals surface area contributed by atoms with Crippen LogP contribution in [0.25, 0.3) is 0 Å². The van der Waals surface area contributed by atoms with Crippen LogP contribution in [0.1, 0.15) is 20.3 Å². The molecule has 0 radical (unpaired) electrons. The third-order valence-corrected chi connectivity index (χ3v) is 7.73. The largest absolute Gasteiger partial charge is 0.351 e. The molecule has 4 rings (SSSR count). The van der Waals surface area contributed by atoms with Crippen LogP contribution in [0.3, 0.4) is 0 Å². The van der Waals surface area contributed by atoms with Gasteiger partial charge in [0.05, 0.1) is 18.0 Å². The monoisotopic (exact) mass is 447 g/mol. The van der Waals surface area contributed by atoms with E-state index in [4.69, 9.17) is 0 Å². The van der Waals surface area contributed by atoms with Gasteiger partial charge < -0.3 is 20.4 Å². The Morgan fingerprint density at radius 1 is 1.42 bits per heavy atom. The Morgan fingerprint density at radius 3 is 2.87 bits per heavy atom. The Labute approximate surface area is 185 Å². The summed E-state index contributed by atoms with van der Waals surface area (Å²) in [6, 6.07) is -0.345. The molecule has 3 amide bonds. The lowest BCUT2D eigenvalue weighted by molar-refractivity contribution is -0.153. The highest BCUT2D eigenvalue weighted by Gasteiger charge is 2.55. The van der Waals surface area contributed by atoms with Crippen molar-refractivity contribution in [3.8, 4) is 0 Å². The van der Waals surface area contributed by atoms with Gasteiger partial charge in [0.15, 0.2) is 0 Å². The number of β-lactam (4-membered cyclic amide) rings is 1. The van der Waals surface area contributed by atoms with E-state index in [-0.39, 0.29) is 54.2 Å². The van der Waals surface area contributed by atoms with E-state index in [1.165, 1.54) is 22.2 Å². The minimum Gasteiger partial charge on any atom is -0.351 e. The Balaban J connectivity index is 1.32. The molecular weight excluding hydrogens is 418 g/mol. The molecule has 1 aromatic heterocycles. The first-order chi connectivity index (χ1) is 14.8. The molecule has 3 aliphatic heterocycles. The second-order valence-corrected chi connectivity index (χ2v) is 10.1. The third-order valence-electron chi connectivity index (χ3n) is 6.29. The van der Waals surface area contributed by atoms with Crippen LogP contribution in [0, 0.1) is 11.8 Å². The van der Waals surface area contributed by atoms with E-state index in [1.54, 1.807) is 30.8 Å². The lowest BCUT2D eigenvalue weighted by atomic mass is 9.78. The minimum absolute atomic E-state index is 0.0474. The SMILES string of the molecule is C[C@@H](NC(=O)Cn1cncn1)[C@H]1C(=O)N2C=C(S[C@@H]3CN[C@H](C(=O)N(C)C)C3)[C@H](C)[C@H]12. The number of nitrogens with one attached hydrogen (secondary N) is 2. The number of fused-ring (bicyclic) bond motifs is 1. The number of rotatable bonds is 7. The number of aromatic nitrogens is 3. The van der Waals surface area contributed by atoms with Crippen molar-refractivity contribution in [2.75, 3.05) is 20.6 Å². The van der Waals surface area contributed by atoms with Crippen LogP contribution in [0.2, 0.25) is 0 Å². The average Bonchev–Trinajstić information content (AvgIpc) is 3.43. The lowest BCUT2D eigenvalue weighted by Gasteiger charge is -2.46. The van der Waals surface area contributed by atoms with Crippen molar-refractivity contribution in [3.05, 3.63) is 23.8 Å². The van der Waals surface area contributed by atoms with Crippen molar-refractivity contribution in [1.29, 1.82) is 0 Å². The molecule has 10 nitrogen and oxygen atoms in total. The maximum atomic E-state index is 12.8. The summed E-state index contributed by atoms with van der Waals surface area (Å²) in [5.41, 5.74) is 0. The zero-order valence-corrected chi connectivity index (χ0v) is 19.0. The molecule has 0 bridgehead atoms. The van der Waals surface area contributed by atoms with Gasteiger partial charge in [0.1, 0.15) is 19.2 Å². The number of carbonyl (C=O) groups excluding carboxylic acids is 3. The highest BCUT2D eigenvalue weighted by molar-refractivity contribution is 8.03. The topological polar surface area (TPSA) is 112 Å². The van der Waals surface area contributed by atoms with Gasteiger partial charge in [-0.25, -0.2) is 9.67 Å². The molecule has 2 N–H and O–H groups in total. The maximum Gasteiger partial charge on any atom is 0.242 e. The summed E-state index contributed by atoms with van der Waals surface area (Å²) in [7, 11) is 3.54. The molecule has 6 atom stereocenters. The van der Waals surface area contributed by atoms with Crippen molar-refractivity contribution in [1.82, 2.24) is 35.2 Å². The number of carbonyl (C=O) groups is 3. The first kappa shape index (κ1) is 21.8. The zero-order chi connectivity index (χ0) is 22.3. The predicted molar refractivity (Wildman–Crippen MR) is 115 cm³/mol. The second kappa shape index (κ2) is 8.62.